The van der Waals surface area contributed by atoms with Crippen LogP contribution in [-0.4, -0.2) is 41.1 Å². The Kier molecular flexibility index (Phi) is 4.97. The maximum Gasteiger partial charge on any atom is 0.326 e. The SMILES string of the molecule is Cc1cccc(OCC(C)(C)C(=O)N2CCCC2C(=O)O)c1C. The number of amides is 1. The smallest absolute Gasteiger partial charge is 0.326 e. The fourth-order valence-electron chi connectivity index (χ4n) is 2.86. The molecule has 126 valence electrons. The monoisotopic (exact) mass is 319 g/mol. The average molecular weight is 319 g/mol. The maximum atomic E-state index is 12.7. The second kappa shape index (κ2) is 6.60. The van der Waals surface area contributed by atoms with E-state index in [1.54, 1.807) is 13.8 Å². The fraction of sp³-hybridized carbons (Fsp3) is 0.556. The third kappa shape index (κ3) is 3.66. The summed E-state index contributed by atoms with van der Waals surface area (Å²) in [5.41, 5.74) is 1.42. The summed E-state index contributed by atoms with van der Waals surface area (Å²) in [6, 6.07) is 5.12. The summed E-state index contributed by atoms with van der Waals surface area (Å²) in [5.74, 6) is -0.322. The van der Waals surface area contributed by atoms with E-state index in [4.69, 9.17) is 4.74 Å². The van der Waals surface area contributed by atoms with Crippen LogP contribution in [0.3, 0.4) is 0 Å². The summed E-state index contributed by atoms with van der Waals surface area (Å²) in [6.07, 6.45) is 1.26. The van der Waals surface area contributed by atoms with Crippen molar-refractivity contribution in [1.29, 1.82) is 0 Å². The van der Waals surface area contributed by atoms with E-state index in [2.05, 4.69) is 0 Å². The van der Waals surface area contributed by atoms with Gasteiger partial charge in [0.1, 0.15) is 18.4 Å². The van der Waals surface area contributed by atoms with E-state index in [0.717, 1.165) is 23.3 Å². The van der Waals surface area contributed by atoms with Gasteiger partial charge in [0.2, 0.25) is 5.91 Å². The molecule has 1 saturated heterocycles. The summed E-state index contributed by atoms with van der Waals surface area (Å²) in [4.78, 5) is 25.5. The molecular formula is C18H25NO4. The molecule has 1 unspecified atom stereocenters. The van der Waals surface area contributed by atoms with Crippen LogP contribution in [0.5, 0.6) is 5.75 Å². The van der Waals surface area contributed by atoms with Crippen LogP contribution in [0.15, 0.2) is 18.2 Å². The molecule has 23 heavy (non-hydrogen) atoms. The van der Waals surface area contributed by atoms with Crippen LogP contribution in [0.1, 0.15) is 37.8 Å². The van der Waals surface area contributed by atoms with Crippen molar-refractivity contribution in [3.05, 3.63) is 29.3 Å². The van der Waals surface area contributed by atoms with Crippen molar-refractivity contribution in [2.24, 2.45) is 5.41 Å². The van der Waals surface area contributed by atoms with Gasteiger partial charge in [0, 0.05) is 6.54 Å². The number of benzene rings is 1. The van der Waals surface area contributed by atoms with Gasteiger partial charge in [-0.1, -0.05) is 12.1 Å². The number of likely N-dealkylation sites (tertiary alicyclic amines) is 1. The molecule has 1 fully saturated rings. The van der Waals surface area contributed by atoms with Gasteiger partial charge in [0.05, 0.1) is 5.41 Å². The quantitative estimate of drug-likeness (QED) is 0.906. The van der Waals surface area contributed by atoms with E-state index in [0.29, 0.717) is 13.0 Å². The van der Waals surface area contributed by atoms with Gasteiger partial charge in [-0.15, -0.1) is 0 Å². The third-order valence-electron chi connectivity index (χ3n) is 4.52. The van der Waals surface area contributed by atoms with Crippen LogP contribution in [-0.2, 0) is 9.59 Å². The van der Waals surface area contributed by atoms with E-state index in [1.165, 1.54) is 4.90 Å². The van der Waals surface area contributed by atoms with Crippen molar-refractivity contribution >= 4 is 11.9 Å². The van der Waals surface area contributed by atoms with E-state index in [1.807, 2.05) is 32.0 Å². The molecule has 1 aromatic rings. The number of rotatable bonds is 5. The minimum atomic E-state index is -0.929. The molecule has 1 amide bonds. The molecule has 1 aromatic carbocycles. The summed E-state index contributed by atoms with van der Waals surface area (Å²) < 4.78 is 5.86. The topological polar surface area (TPSA) is 66.8 Å². The molecule has 0 bridgehead atoms. The third-order valence-corrected chi connectivity index (χ3v) is 4.52. The van der Waals surface area contributed by atoms with Crippen molar-refractivity contribution in [3.63, 3.8) is 0 Å². The molecule has 1 N–H and O–H groups in total. The first-order valence-electron chi connectivity index (χ1n) is 7.97. The zero-order valence-corrected chi connectivity index (χ0v) is 14.3. The fourth-order valence-corrected chi connectivity index (χ4v) is 2.86. The predicted octanol–water partition coefficient (Wildman–Crippen LogP) is 2.78. The Morgan fingerprint density at radius 1 is 1.35 bits per heavy atom. The van der Waals surface area contributed by atoms with Crippen LogP contribution in [0.4, 0.5) is 0 Å². The standard InChI is InChI=1S/C18H25NO4/c1-12-7-5-9-15(13(12)2)23-11-18(3,4)17(22)19-10-6-8-14(19)16(20)21/h5,7,9,14H,6,8,10-11H2,1-4H3,(H,20,21). The van der Waals surface area contributed by atoms with Crippen LogP contribution in [0.25, 0.3) is 0 Å². The second-order valence-electron chi connectivity index (χ2n) is 6.87. The normalized spacial score (nSPS) is 18.1. The van der Waals surface area contributed by atoms with Gasteiger partial charge in [0.25, 0.3) is 0 Å². The Morgan fingerprint density at radius 2 is 2.04 bits per heavy atom. The zero-order chi connectivity index (χ0) is 17.2. The highest BCUT2D eigenvalue weighted by Crippen LogP contribution is 2.28. The Bertz CT molecular complexity index is 609. The molecule has 0 radical (unpaired) electrons. The van der Waals surface area contributed by atoms with Crippen molar-refractivity contribution in [2.45, 2.75) is 46.6 Å². The molecule has 1 aliphatic heterocycles. The number of ether oxygens (including phenoxy) is 1. The lowest BCUT2D eigenvalue weighted by Crippen LogP contribution is -2.48. The molecule has 0 spiro atoms. The lowest BCUT2D eigenvalue weighted by molar-refractivity contribution is -0.153. The number of aryl methyl sites for hydroxylation is 1. The summed E-state index contributed by atoms with van der Waals surface area (Å²) >= 11 is 0. The van der Waals surface area contributed by atoms with Gasteiger partial charge < -0.3 is 14.7 Å². The molecule has 1 atom stereocenters. The van der Waals surface area contributed by atoms with Gasteiger partial charge in [-0.25, -0.2) is 4.79 Å². The molecule has 0 aliphatic carbocycles. The van der Waals surface area contributed by atoms with Crippen molar-refractivity contribution in [1.82, 2.24) is 4.90 Å². The zero-order valence-electron chi connectivity index (χ0n) is 14.3. The molecule has 2 rings (SSSR count). The van der Waals surface area contributed by atoms with Crippen molar-refractivity contribution in [3.8, 4) is 5.75 Å². The van der Waals surface area contributed by atoms with Crippen LogP contribution in [0, 0.1) is 19.3 Å². The molecule has 0 aromatic heterocycles. The molecular weight excluding hydrogens is 294 g/mol. The van der Waals surface area contributed by atoms with Crippen LogP contribution >= 0.6 is 0 Å². The Labute approximate surface area is 137 Å². The van der Waals surface area contributed by atoms with Gasteiger partial charge in [-0.3, -0.25) is 4.79 Å². The maximum absolute atomic E-state index is 12.7. The minimum Gasteiger partial charge on any atom is -0.492 e. The van der Waals surface area contributed by atoms with Crippen molar-refractivity contribution < 1.29 is 19.4 Å². The first-order valence-corrected chi connectivity index (χ1v) is 7.97. The predicted molar refractivity (Wildman–Crippen MR) is 87.6 cm³/mol. The molecule has 5 heteroatoms. The van der Waals surface area contributed by atoms with E-state index in [-0.39, 0.29) is 12.5 Å². The largest absolute Gasteiger partial charge is 0.492 e. The lowest BCUT2D eigenvalue weighted by Gasteiger charge is -2.31. The number of hydrogen-bond donors (Lipinski definition) is 1. The van der Waals surface area contributed by atoms with Crippen molar-refractivity contribution in [2.75, 3.05) is 13.2 Å². The summed E-state index contributed by atoms with van der Waals surface area (Å²) in [7, 11) is 0. The Balaban J connectivity index is 2.07. The number of carboxylic acid groups (broad SMARTS) is 1. The van der Waals surface area contributed by atoms with Gasteiger partial charge in [-0.2, -0.15) is 0 Å². The molecule has 0 saturated carbocycles. The lowest BCUT2D eigenvalue weighted by atomic mass is 9.92. The molecule has 1 heterocycles. The first-order chi connectivity index (χ1) is 10.7. The van der Waals surface area contributed by atoms with E-state index in [9.17, 15) is 14.7 Å². The number of carbonyl (C=O) groups excluding carboxylic acids is 1. The summed E-state index contributed by atoms with van der Waals surface area (Å²) in [5, 5.41) is 9.25. The number of carbonyl (C=O) groups is 2. The highest BCUT2D eigenvalue weighted by molar-refractivity contribution is 5.87. The van der Waals surface area contributed by atoms with Gasteiger partial charge in [-0.05, 0) is 57.7 Å². The Hall–Kier alpha value is -2.04. The highest BCUT2D eigenvalue weighted by atomic mass is 16.5. The van der Waals surface area contributed by atoms with Crippen LogP contribution < -0.4 is 4.74 Å². The first kappa shape index (κ1) is 17.3. The molecule has 5 nitrogen and oxygen atoms in total. The summed E-state index contributed by atoms with van der Waals surface area (Å²) in [6.45, 7) is 8.33. The number of nitrogens with zero attached hydrogens (tertiary/aromatic N) is 1. The number of carboxylic acids is 1. The van der Waals surface area contributed by atoms with Gasteiger partial charge >= 0.3 is 5.97 Å². The average Bonchev–Trinajstić information content (AvgIpc) is 2.97. The van der Waals surface area contributed by atoms with Crippen LogP contribution in [0.2, 0.25) is 0 Å². The highest BCUT2D eigenvalue weighted by Gasteiger charge is 2.41. The van der Waals surface area contributed by atoms with E-state index >= 15 is 0 Å². The number of aliphatic carboxylic acids is 1. The second-order valence-corrected chi connectivity index (χ2v) is 6.87. The minimum absolute atomic E-state index is 0.160. The van der Waals surface area contributed by atoms with Gasteiger partial charge in [0.15, 0.2) is 0 Å². The van der Waals surface area contributed by atoms with E-state index < -0.39 is 17.4 Å². The number of hydrogen-bond acceptors (Lipinski definition) is 3. The molecule has 1 aliphatic rings. The Morgan fingerprint density at radius 3 is 2.70 bits per heavy atom.